The van der Waals surface area contributed by atoms with E-state index in [1.165, 1.54) is 24.9 Å². The first-order chi connectivity index (χ1) is 14.6. The highest BCUT2D eigenvalue weighted by molar-refractivity contribution is 14.0. The van der Waals surface area contributed by atoms with Crippen molar-refractivity contribution in [2.24, 2.45) is 12.0 Å². The molecular weight excluding hydrogens is 521 g/mol. The highest BCUT2D eigenvalue weighted by Crippen LogP contribution is 2.28. The zero-order valence-electron chi connectivity index (χ0n) is 19.0. The Morgan fingerprint density at radius 3 is 2.68 bits per heavy atom. The number of hydrogen-bond donors (Lipinski definition) is 2. The lowest BCUT2D eigenvalue weighted by Gasteiger charge is -2.21. The van der Waals surface area contributed by atoms with Gasteiger partial charge in [-0.15, -0.1) is 34.2 Å². The molecule has 0 radical (unpaired) electrons. The average molecular weight is 558 g/mol. The standard InChI is InChI=1S/C22H35N7S.HI/c1-17-26-27-21(29(17)3)16-24-22(25-18-11-12-20(15-18)30-4)23-13-8-14-28(2)19-9-6-5-7-10-19;/h5-7,9-10,18,20H,8,11-16H2,1-4H3,(H2,23,24,25);1H. The molecule has 2 unspecified atom stereocenters. The fourth-order valence-corrected chi connectivity index (χ4v) is 4.50. The van der Waals surface area contributed by atoms with Crippen molar-refractivity contribution >= 4 is 47.4 Å². The highest BCUT2D eigenvalue weighted by atomic mass is 127. The minimum atomic E-state index is 0. The first kappa shape index (κ1) is 25.8. The number of thioether (sulfide) groups is 1. The molecule has 2 aromatic rings. The quantitative estimate of drug-likeness (QED) is 0.213. The maximum absolute atomic E-state index is 4.81. The minimum Gasteiger partial charge on any atom is -0.375 e. The Morgan fingerprint density at radius 1 is 1.26 bits per heavy atom. The van der Waals surface area contributed by atoms with Gasteiger partial charge in [0, 0.05) is 44.2 Å². The number of aryl methyl sites for hydroxylation is 1. The van der Waals surface area contributed by atoms with Crippen LogP contribution in [0.4, 0.5) is 5.69 Å². The molecule has 1 saturated carbocycles. The minimum absolute atomic E-state index is 0. The Hall–Kier alpha value is -1.49. The normalized spacial score (nSPS) is 18.5. The van der Waals surface area contributed by atoms with E-state index in [0.29, 0.717) is 12.6 Å². The number of aromatic nitrogens is 3. The third-order valence-corrected chi connectivity index (χ3v) is 6.87. The number of guanidine groups is 1. The van der Waals surface area contributed by atoms with E-state index in [1.807, 2.05) is 30.3 Å². The molecule has 1 fully saturated rings. The van der Waals surface area contributed by atoms with Crippen molar-refractivity contribution < 1.29 is 0 Å². The van der Waals surface area contributed by atoms with Crippen molar-refractivity contribution in [3.8, 4) is 0 Å². The van der Waals surface area contributed by atoms with E-state index in [-0.39, 0.29) is 24.0 Å². The number of rotatable bonds is 9. The molecule has 2 atom stereocenters. The number of halogens is 1. The van der Waals surface area contributed by atoms with E-state index < -0.39 is 0 Å². The second-order valence-corrected chi connectivity index (χ2v) is 9.07. The molecule has 0 aliphatic heterocycles. The number of nitrogens with zero attached hydrogens (tertiary/aromatic N) is 5. The number of aliphatic imine (C=N–C) groups is 1. The Bertz CT molecular complexity index is 811. The predicted octanol–water partition coefficient (Wildman–Crippen LogP) is 3.59. The molecule has 172 valence electrons. The maximum Gasteiger partial charge on any atom is 0.191 e. The van der Waals surface area contributed by atoms with Gasteiger partial charge in [0.05, 0.1) is 0 Å². The van der Waals surface area contributed by atoms with Gasteiger partial charge in [0.15, 0.2) is 11.8 Å². The molecule has 0 amide bonds. The molecule has 1 aromatic heterocycles. The molecule has 0 bridgehead atoms. The van der Waals surface area contributed by atoms with Gasteiger partial charge in [-0.25, -0.2) is 4.99 Å². The summed E-state index contributed by atoms with van der Waals surface area (Å²) in [4.78, 5) is 7.09. The van der Waals surface area contributed by atoms with Crippen LogP contribution in [0.15, 0.2) is 35.3 Å². The lowest BCUT2D eigenvalue weighted by atomic mass is 10.2. The summed E-state index contributed by atoms with van der Waals surface area (Å²) in [6, 6.07) is 11.0. The number of hydrogen-bond acceptors (Lipinski definition) is 5. The Kier molecular flexibility index (Phi) is 10.9. The van der Waals surface area contributed by atoms with E-state index in [0.717, 1.165) is 42.4 Å². The molecule has 0 saturated heterocycles. The van der Waals surface area contributed by atoms with Gasteiger partial charge in [0.2, 0.25) is 0 Å². The van der Waals surface area contributed by atoms with Crippen molar-refractivity contribution in [3.05, 3.63) is 42.0 Å². The molecule has 2 N–H and O–H groups in total. The largest absolute Gasteiger partial charge is 0.375 e. The number of anilines is 1. The van der Waals surface area contributed by atoms with Crippen LogP contribution in [0.2, 0.25) is 0 Å². The Morgan fingerprint density at radius 2 is 2.03 bits per heavy atom. The molecule has 31 heavy (non-hydrogen) atoms. The summed E-state index contributed by atoms with van der Waals surface area (Å²) >= 11 is 1.97. The van der Waals surface area contributed by atoms with Crippen LogP contribution in [-0.2, 0) is 13.6 Å². The predicted molar refractivity (Wildman–Crippen MR) is 143 cm³/mol. The van der Waals surface area contributed by atoms with E-state index in [1.54, 1.807) is 0 Å². The van der Waals surface area contributed by atoms with Crippen molar-refractivity contribution in [2.75, 3.05) is 31.3 Å². The first-order valence-corrected chi connectivity index (χ1v) is 12.0. The third-order valence-electron chi connectivity index (χ3n) is 5.78. The van der Waals surface area contributed by atoms with Crippen molar-refractivity contribution in [1.29, 1.82) is 0 Å². The van der Waals surface area contributed by atoms with Crippen LogP contribution in [0.3, 0.4) is 0 Å². The molecule has 1 aliphatic rings. The Labute approximate surface area is 207 Å². The van der Waals surface area contributed by atoms with Crippen LogP contribution in [0.25, 0.3) is 0 Å². The van der Waals surface area contributed by atoms with Crippen LogP contribution < -0.4 is 15.5 Å². The average Bonchev–Trinajstić information content (AvgIpc) is 3.36. The van der Waals surface area contributed by atoms with Crippen molar-refractivity contribution in [2.45, 2.75) is 50.4 Å². The number of benzene rings is 1. The van der Waals surface area contributed by atoms with E-state index in [9.17, 15) is 0 Å². The lowest BCUT2D eigenvalue weighted by molar-refractivity contribution is 0.607. The number of para-hydroxylation sites is 1. The molecule has 1 heterocycles. The smallest absolute Gasteiger partial charge is 0.191 e. The van der Waals surface area contributed by atoms with Gasteiger partial charge in [0.1, 0.15) is 12.4 Å². The van der Waals surface area contributed by atoms with E-state index >= 15 is 0 Å². The SMILES string of the molecule is CSC1CCC(NC(=NCc2nnc(C)n2C)NCCCN(C)c2ccccc2)C1.I. The molecule has 1 aliphatic carbocycles. The molecule has 1 aromatic carbocycles. The monoisotopic (exact) mass is 557 g/mol. The molecule has 3 rings (SSSR count). The molecule has 9 heteroatoms. The summed E-state index contributed by atoms with van der Waals surface area (Å²) < 4.78 is 2.00. The second kappa shape index (κ2) is 13.1. The summed E-state index contributed by atoms with van der Waals surface area (Å²) in [5.41, 5.74) is 1.25. The van der Waals surface area contributed by atoms with Crippen LogP contribution in [0.1, 0.15) is 37.3 Å². The fourth-order valence-electron chi connectivity index (χ4n) is 3.70. The van der Waals surface area contributed by atoms with Gasteiger partial charge in [-0.1, -0.05) is 18.2 Å². The van der Waals surface area contributed by atoms with Gasteiger partial charge in [-0.2, -0.15) is 11.8 Å². The molecular formula is C22H36IN7S. The third kappa shape index (κ3) is 7.85. The summed E-state index contributed by atoms with van der Waals surface area (Å²) in [5, 5.41) is 16.3. The van der Waals surface area contributed by atoms with Gasteiger partial charge in [0.25, 0.3) is 0 Å². The van der Waals surface area contributed by atoms with Crippen molar-refractivity contribution in [1.82, 2.24) is 25.4 Å². The zero-order chi connectivity index (χ0) is 21.3. The summed E-state index contributed by atoms with van der Waals surface area (Å²) in [5.74, 6) is 2.67. The van der Waals surface area contributed by atoms with Crippen LogP contribution in [0, 0.1) is 6.92 Å². The van der Waals surface area contributed by atoms with E-state index in [4.69, 9.17) is 4.99 Å². The summed E-state index contributed by atoms with van der Waals surface area (Å²) in [6.07, 6.45) is 6.91. The number of nitrogens with one attached hydrogen (secondary N) is 2. The van der Waals surface area contributed by atoms with Gasteiger partial charge < -0.3 is 20.1 Å². The zero-order valence-corrected chi connectivity index (χ0v) is 22.2. The van der Waals surface area contributed by atoms with Crippen LogP contribution in [0.5, 0.6) is 0 Å². The highest BCUT2D eigenvalue weighted by Gasteiger charge is 2.24. The second-order valence-electron chi connectivity index (χ2n) is 7.94. The van der Waals surface area contributed by atoms with Crippen molar-refractivity contribution in [3.63, 3.8) is 0 Å². The molecule has 0 spiro atoms. The topological polar surface area (TPSA) is 70.4 Å². The van der Waals surface area contributed by atoms with Gasteiger partial charge in [-0.05, 0) is 51.0 Å². The van der Waals surface area contributed by atoms with Gasteiger partial charge >= 0.3 is 0 Å². The maximum atomic E-state index is 4.81. The summed E-state index contributed by atoms with van der Waals surface area (Å²) in [6.45, 7) is 4.35. The lowest BCUT2D eigenvalue weighted by Crippen LogP contribution is -2.43. The van der Waals surface area contributed by atoms with Crippen LogP contribution >= 0.6 is 35.7 Å². The van der Waals surface area contributed by atoms with Crippen LogP contribution in [-0.4, -0.2) is 58.4 Å². The Balaban J connectivity index is 0.00000341. The molecule has 7 nitrogen and oxygen atoms in total. The van der Waals surface area contributed by atoms with E-state index in [2.05, 4.69) is 69.4 Å². The van der Waals surface area contributed by atoms with Gasteiger partial charge in [-0.3, -0.25) is 0 Å². The first-order valence-electron chi connectivity index (χ1n) is 10.8. The fraction of sp³-hybridized carbons (Fsp3) is 0.591. The summed E-state index contributed by atoms with van der Waals surface area (Å²) in [7, 11) is 4.13.